The lowest BCUT2D eigenvalue weighted by Gasteiger charge is -2.28. The predicted octanol–water partition coefficient (Wildman–Crippen LogP) is 1.19. The number of carbonyl (C=O) groups excluding carboxylic acids is 1. The molecule has 1 aromatic carbocycles. The molecule has 196 valence electrons. The molecule has 11 nitrogen and oxygen atoms in total. The molecule has 0 amide bonds. The van der Waals surface area contributed by atoms with Gasteiger partial charge in [-0.05, 0) is 43.5 Å². The largest absolute Gasteiger partial charge is 0.458 e. The van der Waals surface area contributed by atoms with Crippen LogP contribution in [0.5, 0.6) is 0 Å². The maximum absolute atomic E-state index is 12.6. The third kappa shape index (κ3) is 6.34. The molecule has 1 aromatic rings. The normalized spacial score (nSPS) is 14.2. The van der Waals surface area contributed by atoms with Gasteiger partial charge >= 0.3 is 11.7 Å². The molecule has 0 radical (unpaired) electrons. The van der Waals surface area contributed by atoms with Crippen molar-refractivity contribution in [1.29, 1.82) is 0 Å². The lowest BCUT2D eigenvalue weighted by molar-refractivity contribution is -0.162. The molecule has 2 heterocycles. The van der Waals surface area contributed by atoms with Gasteiger partial charge < -0.3 is 24.6 Å². The van der Waals surface area contributed by atoms with Gasteiger partial charge in [-0.25, -0.2) is 9.78 Å². The first kappa shape index (κ1) is 27.4. The Kier molecular flexibility index (Phi) is 9.30. The number of esters is 1. The summed E-state index contributed by atoms with van der Waals surface area (Å²) in [6.07, 6.45) is 0.245. The summed E-state index contributed by atoms with van der Waals surface area (Å²) in [6, 6.07) is 3.58. The number of rotatable bonds is 12. The average Bonchev–Trinajstić information content (AvgIpc) is 2.84. The Morgan fingerprint density at radius 1 is 1.08 bits per heavy atom. The highest BCUT2D eigenvalue weighted by atomic mass is 16.6. The van der Waals surface area contributed by atoms with Crippen LogP contribution in [0.25, 0.3) is 22.6 Å². The predicted molar refractivity (Wildman–Crippen MR) is 133 cm³/mol. The summed E-state index contributed by atoms with van der Waals surface area (Å²) in [5.74, 6) is -0.614. The van der Waals surface area contributed by atoms with Crippen molar-refractivity contribution in [2.75, 3.05) is 6.61 Å². The highest BCUT2D eigenvalue weighted by Crippen LogP contribution is 2.25. The number of nitrogens with zero attached hydrogens (tertiary/aromatic N) is 3. The number of unbranched alkanes of at least 4 members (excludes halogenated alkanes) is 4. The highest BCUT2D eigenvalue weighted by Gasteiger charge is 2.32. The zero-order chi connectivity index (χ0) is 26.4. The van der Waals surface area contributed by atoms with Gasteiger partial charge in [0.15, 0.2) is 11.5 Å². The number of aliphatic hydroxyl groups excluding tert-OH is 3. The number of H-pyrrole nitrogens is 1. The lowest BCUT2D eigenvalue weighted by Crippen LogP contribution is -2.44. The van der Waals surface area contributed by atoms with Crippen LogP contribution in [0.15, 0.2) is 21.7 Å². The van der Waals surface area contributed by atoms with Crippen LogP contribution in [0.1, 0.15) is 56.6 Å². The molecular formula is C25H34N4O7. The van der Waals surface area contributed by atoms with E-state index >= 15 is 0 Å². The summed E-state index contributed by atoms with van der Waals surface area (Å²) in [5, 5.41) is 30.2. The molecule has 0 aromatic heterocycles. The number of carbonyl (C=O) groups is 1. The van der Waals surface area contributed by atoms with Crippen molar-refractivity contribution in [1.82, 2.24) is 19.5 Å². The fraction of sp³-hybridized carbons (Fsp3) is 0.560. The molecule has 0 unspecified atom stereocenters. The third-order valence-electron chi connectivity index (χ3n) is 6.32. The van der Waals surface area contributed by atoms with E-state index in [1.54, 1.807) is 12.1 Å². The summed E-state index contributed by atoms with van der Waals surface area (Å²) >= 11 is 0. The second kappa shape index (κ2) is 12.2. The van der Waals surface area contributed by atoms with Crippen molar-refractivity contribution in [2.24, 2.45) is 0 Å². The minimum absolute atomic E-state index is 0.0502. The maximum Gasteiger partial charge on any atom is 0.349 e. The van der Waals surface area contributed by atoms with E-state index in [9.17, 15) is 29.7 Å². The smallest absolute Gasteiger partial charge is 0.349 e. The van der Waals surface area contributed by atoms with Gasteiger partial charge in [-0.15, -0.1) is 0 Å². The van der Waals surface area contributed by atoms with Gasteiger partial charge in [-0.1, -0.05) is 32.6 Å². The molecule has 3 atom stereocenters. The van der Waals surface area contributed by atoms with E-state index in [1.165, 1.54) is 4.57 Å². The summed E-state index contributed by atoms with van der Waals surface area (Å²) in [4.78, 5) is 47.6. The van der Waals surface area contributed by atoms with E-state index in [-0.39, 0.29) is 24.5 Å². The first-order chi connectivity index (χ1) is 17.2. The first-order valence-electron chi connectivity index (χ1n) is 12.2. The van der Waals surface area contributed by atoms with Gasteiger partial charge in [0.2, 0.25) is 0 Å². The van der Waals surface area contributed by atoms with Gasteiger partial charge in [0.05, 0.1) is 24.2 Å². The van der Waals surface area contributed by atoms with Gasteiger partial charge in [-0.2, -0.15) is 4.98 Å². The number of hydrogen-bond acceptors (Lipinski definition) is 9. The fourth-order valence-electron chi connectivity index (χ4n) is 4.09. The second-order valence-corrected chi connectivity index (χ2v) is 9.12. The third-order valence-corrected chi connectivity index (χ3v) is 6.32. The van der Waals surface area contributed by atoms with Crippen molar-refractivity contribution in [3.8, 4) is 11.5 Å². The number of aromatic amines is 1. The van der Waals surface area contributed by atoms with E-state index in [4.69, 9.17) is 4.74 Å². The van der Waals surface area contributed by atoms with E-state index < -0.39 is 42.1 Å². The Morgan fingerprint density at radius 3 is 2.47 bits per heavy atom. The molecule has 11 heteroatoms. The molecule has 2 aliphatic heterocycles. The Balaban J connectivity index is 2.04. The maximum atomic E-state index is 12.6. The van der Waals surface area contributed by atoms with Crippen LogP contribution in [0.3, 0.4) is 0 Å². The average molecular weight is 503 g/mol. The highest BCUT2D eigenvalue weighted by molar-refractivity contribution is 5.81. The molecule has 0 bridgehead atoms. The molecule has 0 fully saturated rings. The minimum atomic E-state index is -1.63. The van der Waals surface area contributed by atoms with E-state index in [0.29, 0.717) is 17.5 Å². The number of aryl methyl sites for hydroxylation is 2. The van der Waals surface area contributed by atoms with Crippen LogP contribution in [-0.2, 0) is 16.1 Å². The topological polar surface area (TPSA) is 168 Å². The number of benzene rings is 1. The fourth-order valence-corrected chi connectivity index (χ4v) is 4.09. The Bertz CT molecular complexity index is 1290. The van der Waals surface area contributed by atoms with Crippen LogP contribution >= 0.6 is 0 Å². The number of aromatic nitrogens is 4. The zero-order valence-electron chi connectivity index (χ0n) is 20.9. The van der Waals surface area contributed by atoms with Gasteiger partial charge in [0.1, 0.15) is 18.3 Å². The van der Waals surface area contributed by atoms with Gasteiger partial charge in [0, 0.05) is 6.42 Å². The van der Waals surface area contributed by atoms with E-state index in [1.807, 2.05) is 13.8 Å². The van der Waals surface area contributed by atoms with Crippen molar-refractivity contribution in [2.45, 2.75) is 84.2 Å². The SMILES string of the molecule is CCCCCCCC(=O)O[C@H](Cn1c2nc(=O)[nH]c(=O)c-2nc2cc(C)c(C)cc21)[C@@H](O)[C@@H](O)CO. The molecule has 0 saturated carbocycles. The van der Waals surface area contributed by atoms with Crippen LogP contribution in [0, 0.1) is 13.8 Å². The number of nitrogens with one attached hydrogen (secondary N) is 1. The molecule has 4 N–H and O–H groups in total. The quantitative estimate of drug-likeness (QED) is 0.161. The van der Waals surface area contributed by atoms with Crippen LogP contribution < -0.4 is 11.2 Å². The summed E-state index contributed by atoms with van der Waals surface area (Å²) in [6.45, 7) is 4.87. The van der Waals surface area contributed by atoms with Crippen LogP contribution in [0.4, 0.5) is 0 Å². The summed E-state index contributed by atoms with van der Waals surface area (Å²) < 4.78 is 7.04. The lowest BCUT2D eigenvalue weighted by atomic mass is 10.1. The number of aliphatic hydroxyl groups is 3. The van der Waals surface area contributed by atoms with E-state index in [0.717, 1.165) is 36.8 Å². The Hall–Kier alpha value is -3.15. The summed E-state index contributed by atoms with van der Waals surface area (Å²) in [7, 11) is 0. The number of fused-ring (bicyclic) bond motifs is 2. The first-order valence-corrected chi connectivity index (χ1v) is 12.2. The van der Waals surface area contributed by atoms with Crippen molar-refractivity contribution >= 4 is 17.0 Å². The van der Waals surface area contributed by atoms with Crippen molar-refractivity contribution in [3.63, 3.8) is 0 Å². The zero-order valence-corrected chi connectivity index (χ0v) is 20.9. The molecule has 0 saturated heterocycles. The monoisotopic (exact) mass is 502 g/mol. The molecule has 36 heavy (non-hydrogen) atoms. The molecular weight excluding hydrogens is 468 g/mol. The molecule has 3 rings (SSSR count). The number of ether oxygens (including phenoxy) is 1. The Morgan fingerprint density at radius 2 is 1.78 bits per heavy atom. The van der Waals surface area contributed by atoms with Crippen molar-refractivity contribution < 1.29 is 24.9 Å². The van der Waals surface area contributed by atoms with Gasteiger partial charge in [-0.3, -0.25) is 14.6 Å². The second-order valence-electron chi connectivity index (χ2n) is 9.12. The number of hydrogen-bond donors (Lipinski definition) is 4. The van der Waals surface area contributed by atoms with Crippen LogP contribution in [-0.4, -0.2) is 65.7 Å². The van der Waals surface area contributed by atoms with Crippen molar-refractivity contribution in [3.05, 3.63) is 44.1 Å². The van der Waals surface area contributed by atoms with Gasteiger partial charge in [0.25, 0.3) is 5.56 Å². The Labute approximate surface area is 208 Å². The standard InChI is InChI=1S/C25H34N4O7/c1-4-5-6-7-8-9-20(32)36-19(22(33)18(31)13-30)12-29-17-11-15(3)14(2)10-16(17)26-21-23(29)27-25(35)28-24(21)34/h10-11,18-19,22,30-31,33H,4-9,12-13H2,1-3H3,(H,28,34,35)/t18-,19+,22-/m0/s1. The van der Waals surface area contributed by atoms with E-state index in [2.05, 4.69) is 21.9 Å². The molecule has 2 aliphatic rings. The molecule has 0 spiro atoms. The van der Waals surface area contributed by atoms with Crippen LogP contribution in [0.2, 0.25) is 0 Å². The minimum Gasteiger partial charge on any atom is -0.458 e. The molecule has 0 aliphatic carbocycles. The summed E-state index contributed by atoms with van der Waals surface area (Å²) in [5.41, 5.74) is 1.07.